The Morgan fingerprint density at radius 2 is 1.74 bits per heavy atom. The predicted molar refractivity (Wildman–Crippen MR) is 83.5 cm³/mol. The Morgan fingerprint density at radius 3 is 2.39 bits per heavy atom. The number of nitrogens with zero attached hydrogens (tertiary/aromatic N) is 3. The van der Waals surface area contributed by atoms with E-state index in [1.165, 1.54) is 12.1 Å². The zero-order valence-corrected chi connectivity index (χ0v) is 12.8. The quantitative estimate of drug-likeness (QED) is 0.764. The van der Waals surface area contributed by atoms with Crippen molar-refractivity contribution in [3.8, 4) is 11.4 Å². The van der Waals surface area contributed by atoms with Crippen molar-refractivity contribution >= 4 is 10.0 Å². The van der Waals surface area contributed by atoms with E-state index in [9.17, 15) is 8.42 Å². The van der Waals surface area contributed by atoms with Crippen LogP contribution in [-0.4, -0.2) is 23.4 Å². The topological polar surface area (TPSA) is 100 Å². The largest absolute Gasteiger partial charge is 0.487 e. The van der Waals surface area contributed by atoms with Crippen LogP contribution in [-0.2, 0) is 16.6 Å². The molecule has 0 bridgehead atoms. The third-order valence-electron chi connectivity index (χ3n) is 3.10. The van der Waals surface area contributed by atoms with E-state index in [4.69, 9.17) is 9.88 Å². The Bertz CT molecular complexity index is 890. The first-order chi connectivity index (χ1) is 11.0. The molecule has 0 amide bonds. The molecule has 0 aliphatic heterocycles. The molecule has 1 heterocycles. The number of nitrogens with two attached hydrogens (primary N) is 1. The van der Waals surface area contributed by atoms with Gasteiger partial charge in [-0.3, -0.25) is 0 Å². The van der Waals surface area contributed by atoms with Gasteiger partial charge in [0.25, 0.3) is 0 Å². The second kappa shape index (κ2) is 6.19. The van der Waals surface area contributed by atoms with Crippen molar-refractivity contribution in [2.75, 3.05) is 0 Å². The van der Waals surface area contributed by atoms with Gasteiger partial charge in [0.05, 0.1) is 16.8 Å². The van der Waals surface area contributed by atoms with Crippen molar-refractivity contribution in [3.05, 3.63) is 66.5 Å². The molecule has 3 aromatic rings. The molecule has 0 unspecified atom stereocenters. The summed E-state index contributed by atoms with van der Waals surface area (Å²) in [5.74, 6) is 0.520. The summed E-state index contributed by atoms with van der Waals surface area (Å²) >= 11 is 0. The van der Waals surface area contributed by atoms with E-state index in [0.29, 0.717) is 11.4 Å². The molecule has 0 saturated heterocycles. The van der Waals surface area contributed by atoms with Gasteiger partial charge in [-0.05, 0) is 36.4 Å². The van der Waals surface area contributed by atoms with E-state index in [-0.39, 0.29) is 11.5 Å². The number of benzene rings is 2. The molecule has 0 spiro atoms. The van der Waals surface area contributed by atoms with Crippen LogP contribution in [0.3, 0.4) is 0 Å². The summed E-state index contributed by atoms with van der Waals surface area (Å²) in [6.07, 6.45) is 1.77. The van der Waals surface area contributed by atoms with Gasteiger partial charge in [-0.1, -0.05) is 23.4 Å². The van der Waals surface area contributed by atoms with Gasteiger partial charge in [-0.25, -0.2) is 18.2 Å². The summed E-state index contributed by atoms with van der Waals surface area (Å²) in [6.45, 7) is 0.224. The molecule has 0 atom stereocenters. The number of hydrogen-bond acceptors (Lipinski definition) is 5. The molecule has 23 heavy (non-hydrogen) atoms. The predicted octanol–water partition coefficient (Wildman–Crippen LogP) is 1.49. The summed E-state index contributed by atoms with van der Waals surface area (Å²) in [6, 6.07) is 15.5. The first kappa shape index (κ1) is 15.2. The maximum Gasteiger partial charge on any atom is 0.238 e. The van der Waals surface area contributed by atoms with Crippen LogP contribution in [0, 0.1) is 0 Å². The van der Waals surface area contributed by atoms with Crippen LogP contribution in [0.5, 0.6) is 5.75 Å². The number of ether oxygens (including phenoxy) is 1. The zero-order valence-electron chi connectivity index (χ0n) is 12.0. The van der Waals surface area contributed by atoms with Gasteiger partial charge in [0.2, 0.25) is 10.0 Å². The van der Waals surface area contributed by atoms with Crippen molar-refractivity contribution in [3.63, 3.8) is 0 Å². The standard InChI is InChI=1S/C15H14N4O3S/c16-23(20,21)15-8-6-14(7-9-15)22-11-12-10-19(18-17-12)13-4-2-1-3-5-13/h1-10H,11H2,(H2,16,20,21). The van der Waals surface area contributed by atoms with Crippen molar-refractivity contribution in [2.45, 2.75) is 11.5 Å². The maximum atomic E-state index is 11.2. The molecular weight excluding hydrogens is 316 g/mol. The lowest BCUT2D eigenvalue weighted by Crippen LogP contribution is -2.11. The molecule has 0 aliphatic carbocycles. The second-order valence-electron chi connectivity index (χ2n) is 4.80. The average Bonchev–Trinajstić information content (AvgIpc) is 3.02. The Kier molecular flexibility index (Phi) is 4.09. The lowest BCUT2D eigenvalue weighted by atomic mass is 10.3. The smallest absolute Gasteiger partial charge is 0.238 e. The molecular formula is C15H14N4O3S. The minimum Gasteiger partial charge on any atom is -0.487 e. The molecule has 118 valence electrons. The van der Waals surface area contributed by atoms with Gasteiger partial charge in [-0.15, -0.1) is 5.10 Å². The van der Waals surface area contributed by atoms with E-state index >= 15 is 0 Å². The van der Waals surface area contributed by atoms with Gasteiger partial charge in [0.15, 0.2) is 0 Å². The van der Waals surface area contributed by atoms with Crippen LogP contribution in [0.15, 0.2) is 65.7 Å². The van der Waals surface area contributed by atoms with Gasteiger partial charge in [0.1, 0.15) is 18.1 Å². The van der Waals surface area contributed by atoms with E-state index in [2.05, 4.69) is 10.3 Å². The van der Waals surface area contributed by atoms with Crippen molar-refractivity contribution in [1.82, 2.24) is 15.0 Å². The van der Waals surface area contributed by atoms with Crippen molar-refractivity contribution in [1.29, 1.82) is 0 Å². The number of rotatable bonds is 5. The molecule has 0 fully saturated rings. The fourth-order valence-electron chi connectivity index (χ4n) is 1.95. The van der Waals surface area contributed by atoms with Gasteiger partial charge in [-0.2, -0.15) is 0 Å². The fraction of sp³-hybridized carbons (Fsp3) is 0.0667. The van der Waals surface area contributed by atoms with Crippen LogP contribution in [0.1, 0.15) is 5.69 Å². The molecule has 1 aromatic heterocycles. The van der Waals surface area contributed by atoms with Gasteiger partial charge >= 0.3 is 0 Å². The highest BCUT2D eigenvalue weighted by atomic mass is 32.2. The van der Waals surface area contributed by atoms with Gasteiger partial charge < -0.3 is 4.74 Å². The molecule has 3 rings (SSSR count). The summed E-state index contributed by atoms with van der Waals surface area (Å²) in [5.41, 5.74) is 1.56. The van der Waals surface area contributed by atoms with Crippen molar-refractivity contribution < 1.29 is 13.2 Å². The minimum atomic E-state index is -3.70. The number of primary sulfonamides is 1. The Morgan fingerprint density at radius 1 is 1.04 bits per heavy atom. The highest BCUT2D eigenvalue weighted by molar-refractivity contribution is 7.89. The van der Waals surface area contributed by atoms with Crippen LogP contribution in [0.4, 0.5) is 0 Å². The molecule has 0 saturated carbocycles. The highest BCUT2D eigenvalue weighted by Crippen LogP contribution is 2.16. The van der Waals surface area contributed by atoms with Crippen LogP contribution >= 0.6 is 0 Å². The molecule has 0 aliphatic rings. The first-order valence-corrected chi connectivity index (χ1v) is 8.29. The molecule has 2 aromatic carbocycles. The lowest BCUT2D eigenvalue weighted by Gasteiger charge is -2.04. The van der Waals surface area contributed by atoms with E-state index in [1.807, 2.05) is 30.3 Å². The second-order valence-corrected chi connectivity index (χ2v) is 6.36. The number of aromatic nitrogens is 3. The summed E-state index contributed by atoms with van der Waals surface area (Å²) in [4.78, 5) is 0.0415. The Hall–Kier alpha value is -2.71. The SMILES string of the molecule is NS(=O)(=O)c1ccc(OCc2cn(-c3ccccc3)nn2)cc1. The summed E-state index contributed by atoms with van der Waals surface area (Å²) < 4.78 is 29.6. The molecule has 7 nitrogen and oxygen atoms in total. The van der Waals surface area contributed by atoms with E-state index in [0.717, 1.165) is 5.69 Å². The molecule has 8 heteroatoms. The monoisotopic (exact) mass is 330 g/mol. The zero-order chi connectivity index (χ0) is 16.3. The Labute approximate surface area is 133 Å². The van der Waals surface area contributed by atoms with Gasteiger partial charge in [0, 0.05) is 0 Å². The first-order valence-electron chi connectivity index (χ1n) is 6.75. The van der Waals surface area contributed by atoms with Crippen LogP contribution in [0.2, 0.25) is 0 Å². The third kappa shape index (κ3) is 3.74. The highest BCUT2D eigenvalue weighted by Gasteiger charge is 2.08. The van der Waals surface area contributed by atoms with E-state index in [1.54, 1.807) is 23.0 Å². The van der Waals surface area contributed by atoms with Crippen molar-refractivity contribution in [2.24, 2.45) is 5.14 Å². The van der Waals surface area contributed by atoms with Crippen LogP contribution in [0.25, 0.3) is 5.69 Å². The summed E-state index contributed by atoms with van der Waals surface area (Å²) in [7, 11) is -3.70. The normalized spacial score (nSPS) is 11.3. The maximum absolute atomic E-state index is 11.2. The molecule has 0 radical (unpaired) electrons. The lowest BCUT2D eigenvalue weighted by molar-refractivity contribution is 0.301. The van der Waals surface area contributed by atoms with Crippen LogP contribution < -0.4 is 9.88 Å². The number of hydrogen-bond donors (Lipinski definition) is 1. The van der Waals surface area contributed by atoms with E-state index < -0.39 is 10.0 Å². The number of sulfonamides is 1. The Balaban J connectivity index is 1.66. The summed E-state index contributed by atoms with van der Waals surface area (Å²) in [5, 5.41) is 13.1. The minimum absolute atomic E-state index is 0.0415. The third-order valence-corrected chi connectivity index (χ3v) is 4.03. The average molecular weight is 330 g/mol. The number of para-hydroxylation sites is 1. The molecule has 2 N–H and O–H groups in total. The fourth-order valence-corrected chi connectivity index (χ4v) is 2.47.